The maximum absolute atomic E-state index is 12.4. The summed E-state index contributed by atoms with van der Waals surface area (Å²) in [7, 11) is 1.66. The van der Waals surface area contributed by atoms with Crippen LogP contribution in [0.1, 0.15) is 64.7 Å². The van der Waals surface area contributed by atoms with Gasteiger partial charge in [0.1, 0.15) is 5.75 Å². The molecule has 31 heavy (non-hydrogen) atoms. The fraction of sp³-hybridized carbons (Fsp3) is 0.609. The summed E-state index contributed by atoms with van der Waals surface area (Å²) in [6.45, 7) is 8.53. The number of carbonyl (C=O) groups excluding carboxylic acids is 1. The Hall–Kier alpha value is -2.06. The highest BCUT2D eigenvalue weighted by Gasteiger charge is 2.26. The average Bonchev–Trinajstić information content (AvgIpc) is 3.22. The number of thioether (sulfide) groups is 1. The Bertz CT molecular complexity index is 833. The second kappa shape index (κ2) is 11.5. The van der Waals surface area contributed by atoms with Crippen LogP contribution in [0, 0.1) is 0 Å². The van der Waals surface area contributed by atoms with E-state index in [-0.39, 0.29) is 18.0 Å². The van der Waals surface area contributed by atoms with Crippen molar-refractivity contribution < 1.29 is 9.53 Å². The number of aromatic nitrogens is 3. The molecule has 1 aliphatic rings. The van der Waals surface area contributed by atoms with Gasteiger partial charge in [-0.3, -0.25) is 14.3 Å². The first kappa shape index (κ1) is 23.6. The topological polar surface area (TPSA) is 72.3 Å². The minimum absolute atomic E-state index is 0.0286. The Labute approximate surface area is 189 Å². The van der Waals surface area contributed by atoms with Crippen molar-refractivity contribution in [3.63, 3.8) is 0 Å². The summed E-state index contributed by atoms with van der Waals surface area (Å²) in [6, 6.07) is 8.26. The molecule has 0 unspecified atom stereocenters. The fourth-order valence-electron chi connectivity index (χ4n) is 4.04. The van der Waals surface area contributed by atoms with Crippen LogP contribution in [0.15, 0.2) is 29.4 Å². The van der Waals surface area contributed by atoms with E-state index in [1.807, 2.05) is 31.2 Å². The van der Waals surface area contributed by atoms with Crippen molar-refractivity contribution in [3.05, 3.63) is 30.1 Å². The Morgan fingerprint density at radius 3 is 2.52 bits per heavy atom. The van der Waals surface area contributed by atoms with Gasteiger partial charge < -0.3 is 10.1 Å². The molecule has 2 atom stereocenters. The summed E-state index contributed by atoms with van der Waals surface area (Å²) < 4.78 is 7.41. The molecule has 1 fully saturated rings. The first-order valence-electron chi connectivity index (χ1n) is 11.3. The molecule has 0 radical (unpaired) electrons. The van der Waals surface area contributed by atoms with Gasteiger partial charge in [-0.1, -0.05) is 31.5 Å². The summed E-state index contributed by atoms with van der Waals surface area (Å²) in [5.74, 6) is 2.07. The van der Waals surface area contributed by atoms with Crippen molar-refractivity contribution in [2.24, 2.45) is 0 Å². The van der Waals surface area contributed by atoms with Crippen molar-refractivity contribution in [1.82, 2.24) is 25.0 Å². The standard InChI is InChI=1S/C23H35N5O2S/c1-5-9-17(2)24-21(29)16-31-23-26-25-22(18(3)27-14-7-6-8-15-27)28(23)19-10-12-20(30-4)13-11-19/h10-13,17-18H,5-9,14-16H2,1-4H3,(H,24,29)/t17-,18-/m1/s1. The Kier molecular flexibility index (Phi) is 8.78. The molecule has 2 heterocycles. The molecule has 1 amide bonds. The van der Waals surface area contributed by atoms with Crippen LogP contribution in [-0.4, -0.2) is 57.6 Å². The number of piperidine rings is 1. The fourth-order valence-corrected chi connectivity index (χ4v) is 4.81. The summed E-state index contributed by atoms with van der Waals surface area (Å²) in [5, 5.41) is 12.8. The Morgan fingerprint density at radius 1 is 1.16 bits per heavy atom. The minimum Gasteiger partial charge on any atom is -0.497 e. The SMILES string of the molecule is CCC[C@@H](C)NC(=O)CSc1nnc([C@@H](C)N2CCCCC2)n1-c1ccc(OC)cc1. The van der Waals surface area contributed by atoms with Gasteiger partial charge >= 0.3 is 0 Å². The number of nitrogens with zero attached hydrogens (tertiary/aromatic N) is 4. The third kappa shape index (κ3) is 6.23. The van der Waals surface area contributed by atoms with Crippen molar-refractivity contribution in [2.75, 3.05) is 26.0 Å². The first-order valence-corrected chi connectivity index (χ1v) is 12.3. The van der Waals surface area contributed by atoms with Crippen LogP contribution in [0.4, 0.5) is 0 Å². The van der Waals surface area contributed by atoms with Gasteiger partial charge in [0.25, 0.3) is 0 Å². The number of amides is 1. The van der Waals surface area contributed by atoms with Crippen LogP contribution in [0.3, 0.4) is 0 Å². The molecule has 3 rings (SSSR count). The normalized spacial score (nSPS) is 16.6. The lowest BCUT2D eigenvalue weighted by molar-refractivity contribution is -0.119. The zero-order chi connectivity index (χ0) is 22.2. The molecule has 1 N–H and O–H groups in total. The highest BCUT2D eigenvalue weighted by molar-refractivity contribution is 7.99. The zero-order valence-electron chi connectivity index (χ0n) is 19.1. The van der Waals surface area contributed by atoms with E-state index >= 15 is 0 Å². The number of methoxy groups -OCH3 is 1. The number of benzene rings is 1. The van der Waals surface area contributed by atoms with Crippen molar-refractivity contribution >= 4 is 17.7 Å². The molecule has 0 spiro atoms. The molecule has 7 nitrogen and oxygen atoms in total. The van der Waals surface area contributed by atoms with Gasteiger partial charge in [0.05, 0.1) is 18.9 Å². The number of ether oxygens (including phenoxy) is 1. The minimum atomic E-state index is 0.0286. The summed E-state index contributed by atoms with van der Waals surface area (Å²) in [4.78, 5) is 14.9. The zero-order valence-corrected chi connectivity index (χ0v) is 20.0. The molecule has 0 saturated carbocycles. The molecular weight excluding hydrogens is 410 g/mol. The predicted octanol–water partition coefficient (Wildman–Crippen LogP) is 4.22. The second-order valence-electron chi connectivity index (χ2n) is 8.19. The Balaban J connectivity index is 1.82. The van der Waals surface area contributed by atoms with Crippen molar-refractivity contribution in [3.8, 4) is 11.4 Å². The number of nitrogens with one attached hydrogen (secondary N) is 1. The number of carbonyl (C=O) groups is 1. The molecular formula is C23H35N5O2S. The molecule has 0 aliphatic carbocycles. The van der Waals surface area contributed by atoms with Crippen LogP contribution in [0.2, 0.25) is 0 Å². The molecule has 170 valence electrons. The monoisotopic (exact) mass is 445 g/mol. The van der Waals surface area contributed by atoms with Crippen LogP contribution in [0.25, 0.3) is 5.69 Å². The quantitative estimate of drug-likeness (QED) is 0.552. The lowest BCUT2D eigenvalue weighted by Crippen LogP contribution is -2.34. The maximum Gasteiger partial charge on any atom is 0.230 e. The summed E-state index contributed by atoms with van der Waals surface area (Å²) >= 11 is 1.43. The number of likely N-dealkylation sites (tertiary alicyclic amines) is 1. The third-order valence-electron chi connectivity index (χ3n) is 5.76. The predicted molar refractivity (Wildman–Crippen MR) is 125 cm³/mol. The van der Waals surface area contributed by atoms with Gasteiger partial charge in [-0.15, -0.1) is 10.2 Å². The second-order valence-corrected chi connectivity index (χ2v) is 9.14. The molecule has 1 aromatic heterocycles. The van der Waals surface area contributed by atoms with E-state index in [0.717, 1.165) is 48.3 Å². The smallest absolute Gasteiger partial charge is 0.230 e. The summed E-state index contributed by atoms with van der Waals surface area (Å²) in [6.07, 6.45) is 5.77. The number of hydrogen-bond donors (Lipinski definition) is 1. The molecule has 0 bridgehead atoms. The van der Waals surface area contributed by atoms with Crippen molar-refractivity contribution in [2.45, 2.75) is 70.1 Å². The van der Waals surface area contributed by atoms with E-state index < -0.39 is 0 Å². The highest BCUT2D eigenvalue weighted by Crippen LogP contribution is 2.30. The molecule has 8 heteroatoms. The van der Waals surface area contributed by atoms with Crippen molar-refractivity contribution in [1.29, 1.82) is 0 Å². The highest BCUT2D eigenvalue weighted by atomic mass is 32.2. The van der Waals surface area contributed by atoms with Gasteiger partial charge in [-0.25, -0.2) is 0 Å². The van der Waals surface area contributed by atoms with Crippen LogP contribution < -0.4 is 10.1 Å². The van der Waals surface area contributed by atoms with Crippen LogP contribution >= 0.6 is 11.8 Å². The molecule has 1 aromatic carbocycles. The largest absolute Gasteiger partial charge is 0.497 e. The average molecular weight is 446 g/mol. The van der Waals surface area contributed by atoms with Crippen LogP contribution in [0.5, 0.6) is 5.75 Å². The van der Waals surface area contributed by atoms with E-state index in [2.05, 4.69) is 38.8 Å². The van der Waals surface area contributed by atoms with Gasteiger partial charge in [0, 0.05) is 11.7 Å². The third-order valence-corrected chi connectivity index (χ3v) is 6.69. The summed E-state index contributed by atoms with van der Waals surface area (Å²) in [5.41, 5.74) is 0.979. The molecule has 2 aromatic rings. The van der Waals surface area contributed by atoms with Gasteiger partial charge in [-0.2, -0.15) is 0 Å². The lowest BCUT2D eigenvalue weighted by Gasteiger charge is -2.31. The van der Waals surface area contributed by atoms with E-state index in [9.17, 15) is 4.79 Å². The number of hydrogen-bond acceptors (Lipinski definition) is 6. The van der Waals surface area contributed by atoms with Gasteiger partial charge in [-0.05, 0) is 70.5 Å². The van der Waals surface area contributed by atoms with Gasteiger partial charge in [0.2, 0.25) is 5.91 Å². The first-order chi connectivity index (χ1) is 15.0. The van der Waals surface area contributed by atoms with E-state index in [1.165, 1.54) is 31.0 Å². The molecule has 1 saturated heterocycles. The van der Waals surface area contributed by atoms with Crippen LogP contribution in [-0.2, 0) is 4.79 Å². The lowest BCUT2D eigenvalue weighted by atomic mass is 10.1. The van der Waals surface area contributed by atoms with E-state index in [1.54, 1.807) is 7.11 Å². The van der Waals surface area contributed by atoms with Gasteiger partial charge in [0.15, 0.2) is 11.0 Å². The number of rotatable bonds is 10. The van der Waals surface area contributed by atoms with E-state index in [0.29, 0.717) is 5.75 Å². The molecule has 1 aliphatic heterocycles. The maximum atomic E-state index is 12.4. The van der Waals surface area contributed by atoms with E-state index in [4.69, 9.17) is 4.74 Å². The Morgan fingerprint density at radius 2 is 1.87 bits per heavy atom.